The fourth-order valence-electron chi connectivity index (χ4n) is 4.94. The van der Waals surface area contributed by atoms with Crippen LogP contribution < -0.4 is 5.32 Å². The zero-order valence-corrected chi connectivity index (χ0v) is 20.1. The van der Waals surface area contributed by atoms with Crippen molar-refractivity contribution in [3.63, 3.8) is 0 Å². The Balaban J connectivity index is 1.42. The van der Waals surface area contributed by atoms with Gasteiger partial charge in [-0.15, -0.1) is 0 Å². The van der Waals surface area contributed by atoms with Crippen molar-refractivity contribution in [3.05, 3.63) is 65.7 Å². The van der Waals surface area contributed by atoms with Crippen LogP contribution in [-0.2, 0) is 16.8 Å². The molecule has 0 spiro atoms. The maximum Gasteiger partial charge on any atom is 0.234 e. The van der Waals surface area contributed by atoms with E-state index in [-0.39, 0.29) is 16.7 Å². The molecule has 0 aromatic heterocycles. The number of nitrogens with zero attached hydrogens (tertiary/aromatic N) is 2. The van der Waals surface area contributed by atoms with E-state index in [4.69, 9.17) is 0 Å². The first-order chi connectivity index (χ1) is 15.1. The lowest BCUT2D eigenvalue weighted by Gasteiger charge is -2.36. The molecule has 174 valence electrons. The minimum absolute atomic E-state index is 0.0875. The molecule has 1 amide bonds. The molecule has 0 saturated carbocycles. The van der Waals surface area contributed by atoms with Crippen molar-refractivity contribution in [2.75, 3.05) is 39.3 Å². The van der Waals surface area contributed by atoms with Crippen molar-refractivity contribution in [2.45, 2.75) is 46.1 Å². The predicted octanol–water partition coefficient (Wildman–Crippen LogP) is 4.02. The number of aromatic hydroxyl groups is 1. The number of carbonyl (C=O) groups excluding carboxylic acids is 1. The Morgan fingerprint density at radius 1 is 0.906 bits per heavy atom. The molecule has 32 heavy (non-hydrogen) atoms. The van der Waals surface area contributed by atoms with Gasteiger partial charge in [-0.05, 0) is 34.4 Å². The highest BCUT2D eigenvalue weighted by atomic mass is 16.3. The zero-order chi connectivity index (χ0) is 23.2. The van der Waals surface area contributed by atoms with Crippen LogP contribution in [0.1, 0.15) is 45.2 Å². The van der Waals surface area contributed by atoms with E-state index in [1.807, 2.05) is 24.3 Å². The largest absolute Gasteiger partial charge is 0.508 e. The van der Waals surface area contributed by atoms with Crippen molar-refractivity contribution in [1.82, 2.24) is 15.1 Å². The van der Waals surface area contributed by atoms with Gasteiger partial charge in [-0.25, -0.2) is 0 Å². The van der Waals surface area contributed by atoms with Crippen LogP contribution in [0, 0.1) is 5.41 Å². The number of carbonyl (C=O) groups is 1. The number of phenols is 1. The molecule has 3 rings (SSSR count). The molecule has 5 heteroatoms. The molecule has 0 bridgehead atoms. The number of hydrogen-bond acceptors (Lipinski definition) is 4. The first-order valence-corrected chi connectivity index (χ1v) is 11.7. The smallest absolute Gasteiger partial charge is 0.234 e. The lowest BCUT2D eigenvalue weighted by atomic mass is 9.71. The van der Waals surface area contributed by atoms with Gasteiger partial charge in [0.15, 0.2) is 0 Å². The number of amides is 1. The molecule has 2 aromatic rings. The van der Waals surface area contributed by atoms with Crippen molar-refractivity contribution >= 4 is 5.91 Å². The fourth-order valence-corrected chi connectivity index (χ4v) is 4.94. The molecule has 1 aliphatic rings. The van der Waals surface area contributed by atoms with E-state index in [9.17, 15) is 9.90 Å². The second kappa shape index (κ2) is 10.5. The summed E-state index contributed by atoms with van der Waals surface area (Å²) in [5.74, 6) is 0.429. The average molecular weight is 438 g/mol. The van der Waals surface area contributed by atoms with Crippen LogP contribution in [0.2, 0.25) is 0 Å². The third kappa shape index (κ3) is 7.07. The highest BCUT2D eigenvalue weighted by Gasteiger charge is 2.32. The van der Waals surface area contributed by atoms with Gasteiger partial charge in [0.2, 0.25) is 5.91 Å². The van der Waals surface area contributed by atoms with Gasteiger partial charge >= 0.3 is 0 Å². The number of rotatable bonds is 9. The number of para-hydroxylation sites is 1. The summed E-state index contributed by atoms with van der Waals surface area (Å²) in [6.45, 7) is 14.5. The molecule has 1 saturated heterocycles. The summed E-state index contributed by atoms with van der Waals surface area (Å²) in [5.41, 5.74) is 2.02. The summed E-state index contributed by atoms with van der Waals surface area (Å²) in [5, 5.41) is 13.4. The molecule has 0 radical (unpaired) electrons. The lowest BCUT2D eigenvalue weighted by Crippen LogP contribution is -2.50. The van der Waals surface area contributed by atoms with E-state index < -0.39 is 0 Å². The van der Waals surface area contributed by atoms with Crippen LogP contribution in [0.15, 0.2) is 54.6 Å². The van der Waals surface area contributed by atoms with Gasteiger partial charge in [0.05, 0.1) is 6.54 Å². The summed E-state index contributed by atoms with van der Waals surface area (Å²) in [6.07, 6.45) is 0.857. The maximum absolute atomic E-state index is 12.6. The quantitative estimate of drug-likeness (QED) is 0.622. The fraction of sp³-hybridized carbons (Fsp3) is 0.519. The Morgan fingerprint density at radius 3 is 2.16 bits per heavy atom. The van der Waals surface area contributed by atoms with Crippen molar-refractivity contribution < 1.29 is 9.90 Å². The van der Waals surface area contributed by atoms with Crippen LogP contribution >= 0.6 is 0 Å². The van der Waals surface area contributed by atoms with Gasteiger partial charge in [-0.2, -0.15) is 0 Å². The van der Waals surface area contributed by atoms with Crippen molar-refractivity contribution in [3.8, 4) is 5.75 Å². The lowest BCUT2D eigenvalue weighted by molar-refractivity contribution is -0.123. The highest BCUT2D eigenvalue weighted by Crippen LogP contribution is 2.39. The average Bonchev–Trinajstić information content (AvgIpc) is 2.74. The standard InChI is InChI=1S/C27H39N3O2/c1-26(2,20-27(3,4)23-12-8-9-13-24(23)31)21-28-25(32)19-30-16-14-29(15-17-30)18-22-10-6-5-7-11-22/h5-13,31H,14-21H2,1-4H3,(H,28,32). The topological polar surface area (TPSA) is 55.8 Å². The monoisotopic (exact) mass is 437 g/mol. The van der Waals surface area contributed by atoms with Crippen LogP contribution in [0.25, 0.3) is 0 Å². The summed E-state index contributed by atoms with van der Waals surface area (Å²) >= 11 is 0. The Hall–Kier alpha value is -2.37. The number of phenolic OH excluding ortho intramolecular Hbond substituents is 1. The van der Waals surface area contributed by atoms with Crippen LogP contribution in [0.4, 0.5) is 0 Å². The Labute approximate surface area is 193 Å². The molecule has 0 aliphatic carbocycles. The summed E-state index contributed by atoms with van der Waals surface area (Å²) in [4.78, 5) is 17.3. The van der Waals surface area contributed by atoms with Gasteiger partial charge < -0.3 is 10.4 Å². The molecule has 0 atom stereocenters. The molecule has 2 N–H and O–H groups in total. The van der Waals surface area contributed by atoms with Gasteiger partial charge in [-0.3, -0.25) is 14.6 Å². The number of hydrogen-bond donors (Lipinski definition) is 2. The first kappa shape index (κ1) is 24.3. The normalized spacial score (nSPS) is 16.1. The van der Waals surface area contributed by atoms with Crippen LogP contribution in [0.5, 0.6) is 5.75 Å². The maximum atomic E-state index is 12.6. The number of piperazine rings is 1. The second-order valence-electron chi connectivity index (χ2n) is 10.6. The highest BCUT2D eigenvalue weighted by molar-refractivity contribution is 5.78. The SMILES string of the molecule is CC(C)(CNC(=O)CN1CCN(Cc2ccccc2)CC1)CC(C)(C)c1ccccc1O. The van der Waals surface area contributed by atoms with E-state index in [0.717, 1.165) is 44.7 Å². The van der Waals surface area contributed by atoms with E-state index in [2.05, 4.69) is 67.1 Å². The summed E-state index contributed by atoms with van der Waals surface area (Å²) < 4.78 is 0. The van der Waals surface area contributed by atoms with Gasteiger partial charge in [0, 0.05) is 39.3 Å². The predicted molar refractivity (Wildman–Crippen MR) is 131 cm³/mol. The van der Waals surface area contributed by atoms with E-state index >= 15 is 0 Å². The van der Waals surface area contributed by atoms with Crippen molar-refractivity contribution in [2.24, 2.45) is 5.41 Å². The molecular weight excluding hydrogens is 398 g/mol. The minimum atomic E-state index is -0.186. The Morgan fingerprint density at radius 2 is 1.50 bits per heavy atom. The van der Waals surface area contributed by atoms with Gasteiger partial charge in [0.1, 0.15) is 5.75 Å². The van der Waals surface area contributed by atoms with Gasteiger partial charge in [-0.1, -0.05) is 76.2 Å². The Kier molecular flexibility index (Phi) is 7.96. The first-order valence-electron chi connectivity index (χ1n) is 11.7. The minimum Gasteiger partial charge on any atom is -0.508 e. The molecule has 0 unspecified atom stereocenters. The third-order valence-electron chi connectivity index (χ3n) is 6.40. The molecule has 5 nitrogen and oxygen atoms in total. The zero-order valence-electron chi connectivity index (χ0n) is 20.1. The molecule has 1 heterocycles. The number of nitrogens with one attached hydrogen (secondary N) is 1. The van der Waals surface area contributed by atoms with E-state index in [1.54, 1.807) is 6.07 Å². The second-order valence-corrected chi connectivity index (χ2v) is 10.6. The van der Waals surface area contributed by atoms with Crippen LogP contribution in [0.3, 0.4) is 0 Å². The van der Waals surface area contributed by atoms with E-state index in [1.165, 1.54) is 5.56 Å². The molecule has 1 aliphatic heterocycles. The summed E-state index contributed by atoms with van der Waals surface area (Å²) in [7, 11) is 0. The molecular formula is C27H39N3O2. The molecule has 1 fully saturated rings. The Bertz CT molecular complexity index is 871. The van der Waals surface area contributed by atoms with Gasteiger partial charge in [0.25, 0.3) is 0 Å². The molecule has 2 aromatic carbocycles. The van der Waals surface area contributed by atoms with Crippen LogP contribution in [-0.4, -0.2) is 60.1 Å². The number of benzene rings is 2. The third-order valence-corrected chi connectivity index (χ3v) is 6.40. The van der Waals surface area contributed by atoms with Crippen molar-refractivity contribution in [1.29, 1.82) is 0 Å². The summed E-state index contributed by atoms with van der Waals surface area (Å²) in [6, 6.07) is 18.1. The van der Waals surface area contributed by atoms with E-state index in [0.29, 0.717) is 18.8 Å².